The summed E-state index contributed by atoms with van der Waals surface area (Å²) < 4.78 is 0. The number of amides is 2. The molecule has 0 atom stereocenters. The zero-order valence-electron chi connectivity index (χ0n) is 15.0. The largest absolute Gasteiger partial charge is 0.346 e. The van der Waals surface area contributed by atoms with Gasteiger partial charge in [-0.1, -0.05) is 48.0 Å². The van der Waals surface area contributed by atoms with Crippen LogP contribution in [-0.2, 0) is 15.1 Å². The van der Waals surface area contributed by atoms with Crippen LogP contribution in [0.2, 0.25) is 0 Å². The van der Waals surface area contributed by atoms with Crippen molar-refractivity contribution in [3.63, 3.8) is 0 Å². The number of rotatable bonds is 7. The van der Waals surface area contributed by atoms with Gasteiger partial charge in [0.25, 0.3) is 0 Å². The topological polar surface area (TPSA) is 58.2 Å². The van der Waals surface area contributed by atoms with Crippen LogP contribution < -0.4 is 10.6 Å². The number of hydrogen-bond donors (Lipinski definition) is 2. The van der Waals surface area contributed by atoms with Crippen LogP contribution in [0.4, 0.5) is 5.69 Å². The van der Waals surface area contributed by atoms with Crippen LogP contribution >= 0.6 is 11.8 Å². The molecule has 0 heterocycles. The van der Waals surface area contributed by atoms with Crippen molar-refractivity contribution in [2.75, 3.05) is 16.8 Å². The number of thioether (sulfide) groups is 1. The molecule has 1 aliphatic carbocycles. The van der Waals surface area contributed by atoms with E-state index in [-0.39, 0.29) is 28.9 Å². The second kappa shape index (κ2) is 8.41. The van der Waals surface area contributed by atoms with Crippen molar-refractivity contribution in [3.8, 4) is 0 Å². The fourth-order valence-corrected chi connectivity index (χ4v) is 3.76. The van der Waals surface area contributed by atoms with Gasteiger partial charge in [0, 0.05) is 5.69 Å². The molecule has 136 valence electrons. The van der Waals surface area contributed by atoms with Crippen molar-refractivity contribution in [2.45, 2.75) is 31.7 Å². The summed E-state index contributed by atoms with van der Waals surface area (Å²) in [6.45, 7) is 2.00. The van der Waals surface area contributed by atoms with Gasteiger partial charge in [0.1, 0.15) is 0 Å². The highest BCUT2D eigenvalue weighted by Gasteiger charge is 2.39. The molecule has 5 heteroatoms. The Morgan fingerprint density at radius 1 is 0.962 bits per heavy atom. The molecule has 0 aliphatic heterocycles. The molecule has 2 amide bonds. The highest BCUT2D eigenvalue weighted by atomic mass is 32.2. The van der Waals surface area contributed by atoms with Crippen molar-refractivity contribution in [3.05, 3.63) is 65.7 Å². The van der Waals surface area contributed by atoms with Crippen molar-refractivity contribution >= 4 is 29.3 Å². The first-order valence-corrected chi connectivity index (χ1v) is 10.0. The molecule has 1 aliphatic rings. The minimum atomic E-state index is -0.219. The summed E-state index contributed by atoms with van der Waals surface area (Å²) in [5.41, 5.74) is 2.88. The van der Waals surface area contributed by atoms with Crippen LogP contribution in [0.15, 0.2) is 54.6 Å². The van der Waals surface area contributed by atoms with Gasteiger partial charge in [-0.05, 0) is 43.9 Å². The Morgan fingerprint density at radius 3 is 2.23 bits per heavy atom. The second-order valence-corrected chi connectivity index (χ2v) is 7.74. The molecule has 0 radical (unpaired) electrons. The zero-order chi connectivity index (χ0) is 18.4. The van der Waals surface area contributed by atoms with E-state index in [1.54, 1.807) is 0 Å². The molecule has 0 saturated heterocycles. The first kappa shape index (κ1) is 18.5. The van der Waals surface area contributed by atoms with Gasteiger partial charge in [0.15, 0.2) is 0 Å². The fraction of sp³-hybridized carbons (Fsp3) is 0.333. The Morgan fingerprint density at radius 2 is 1.62 bits per heavy atom. The lowest BCUT2D eigenvalue weighted by Crippen LogP contribution is -2.51. The van der Waals surface area contributed by atoms with E-state index in [1.807, 2.05) is 49.4 Å². The first-order chi connectivity index (χ1) is 12.6. The van der Waals surface area contributed by atoms with Gasteiger partial charge in [-0.15, -0.1) is 11.8 Å². The molecule has 0 unspecified atom stereocenters. The minimum Gasteiger partial charge on any atom is -0.346 e. The molecule has 2 N–H and O–H groups in total. The van der Waals surface area contributed by atoms with Crippen LogP contribution in [0.25, 0.3) is 0 Å². The summed E-state index contributed by atoms with van der Waals surface area (Å²) in [6, 6.07) is 17.8. The standard InChI is InChI=1S/C21H24N2O2S/c1-16-8-10-18(11-9-16)22-19(24)14-26-15-20(25)23-21(12-5-13-21)17-6-3-2-4-7-17/h2-4,6-11H,5,12-15H2,1H3,(H,22,24)(H,23,25). The van der Waals surface area contributed by atoms with E-state index in [9.17, 15) is 9.59 Å². The normalized spacial score (nSPS) is 15.0. The Balaban J connectivity index is 1.44. The SMILES string of the molecule is Cc1ccc(NC(=O)CSCC(=O)NC2(c3ccccc3)CCC2)cc1. The summed E-state index contributed by atoms with van der Waals surface area (Å²) in [5, 5.41) is 6.03. The third kappa shape index (κ3) is 4.67. The van der Waals surface area contributed by atoms with Gasteiger partial charge in [-0.2, -0.15) is 0 Å². The third-order valence-corrected chi connectivity index (χ3v) is 5.65. The third-order valence-electron chi connectivity index (χ3n) is 4.71. The molecule has 2 aromatic carbocycles. The average Bonchev–Trinajstić information content (AvgIpc) is 2.61. The number of aryl methyl sites for hydroxylation is 1. The van der Waals surface area contributed by atoms with E-state index >= 15 is 0 Å². The maximum Gasteiger partial charge on any atom is 0.234 e. The number of carbonyl (C=O) groups excluding carboxylic acids is 2. The number of nitrogens with one attached hydrogen (secondary N) is 2. The number of anilines is 1. The molecule has 0 spiro atoms. The van der Waals surface area contributed by atoms with Crippen molar-refractivity contribution < 1.29 is 9.59 Å². The Kier molecular flexibility index (Phi) is 5.99. The van der Waals surface area contributed by atoms with E-state index in [1.165, 1.54) is 17.3 Å². The quantitative estimate of drug-likeness (QED) is 0.780. The fourth-order valence-electron chi connectivity index (χ4n) is 3.15. The van der Waals surface area contributed by atoms with Gasteiger partial charge >= 0.3 is 0 Å². The van der Waals surface area contributed by atoms with Crippen LogP contribution in [0.1, 0.15) is 30.4 Å². The average molecular weight is 369 g/mol. The summed E-state index contributed by atoms with van der Waals surface area (Å²) in [6.07, 6.45) is 3.07. The zero-order valence-corrected chi connectivity index (χ0v) is 15.8. The number of hydrogen-bond acceptors (Lipinski definition) is 3. The van der Waals surface area contributed by atoms with E-state index in [4.69, 9.17) is 0 Å². The van der Waals surface area contributed by atoms with Crippen LogP contribution in [0, 0.1) is 6.92 Å². The van der Waals surface area contributed by atoms with E-state index in [0.29, 0.717) is 0 Å². The van der Waals surface area contributed by atoms with Crippen molar-refractivity contribution in [1.82, 2.24) is 5.32 Å². The molecule has 0 bridgehead atoms. The minimum absolute atomic E-state index is 0.0123. The van der Waals surface area contributed by atoms with Gasteiger partial charge in [0.2, 0.25) is 11.8 Å². The maximum atomic E-state index is 12.3. The summed E-state index contributed by atoms with van der Waals surface area (Å²) in [7, 11) is 0. The van der Waals surface area contributed by atoms with Gasteiger partial charge in [-0.25, -0.2) is 0 Å². The van der Waals surface area contributed by atoms with Crippen LogP contribution in [0.5, 0.6) is 0 Å². The van der Waals surface area contributed by atoms with Crippen LogP contribution in [-0.4, -0.2) is 23.3 Å². The second-order valence-electron chi connectivity index (χ2n) is 6.76. The van der Waals surface area contributed by atoms with Crippen molar-refractivity contribution in [2.24, 2.45) is 0 Å². The highest BCUT2D eigenvalue weighted by molar-refractivity contribution is 8.00. The highest BCUT2D eigenvalue weighted by Crippen LogP contribution is 2.41. The Bertz CT molecular complexity index is 755. The van der Waals surface area contributed by atoms with E-state index < -0.39 is 0 Å². The molecule has 2 aromatic rings. The number of benzene rings is 2. The smallest absolute Gasteiger partial charge is 0.234 e. The monoisotopic (exact) mass is 368 g/mol. The van der Waals surface area contributed by atoms with Crippen LogP contribution in [0.3, 0.4) is 0 Å². The summed E-state index contributed by atoms with van der Waals surface area (Å²) >= 11 is 1.34. The number of carbonyl (C=O) groups is 2. The Labute approximate surface area is 158 Å². The van der Waals surface area contributed by atoms with Crippen molar-refractivity contribution in [1.29, 1.82) is 0 Å². The lowest BCUT2D eigenvalue weighted by Gasteiger charge is -2.43. The molecule has 1 saturated carbocycles. The van der Waals surface area contributed by atoms with Gasteiger partial charge in [0.05, 0.1) is 17.0 Å². The maximum absolute atomic E-state index is 12.3. The van der Waals surface area contributed by atoms with E-state index in [0.717, 1.165) is 30.5 Å². The lowest BCUT2D eigenvalue weighted by molar-refractivity contribution is -0.121. The lowest BCUT2D eigenvalue weighted by atomic mass is 9.72. The molecule has 1 fully saturated rings. The first-order valence-electron chi connectivity index (χ1n) is 8.88. The van der Waals surface area contributed by atoms with Gasteiger partial charge in [-0.3, -0.25) is 9.59 Å². The predicted molar refractivity (Wildman–Crippen MR) is 107 cm³/mol. The Hall–Kier alpha value is -2.27. The predicted octanol–water partition coefficient (Wildman–Crippen LogP) is 3.86. The molecule has 26 heavy (non-hydrogen) atoms. The molecular weight excluding hydrogens is 344 g/mol. The van der Waals surface area contributed by atoms with Gasteiger partial charge < -0.3 is 10.6 Å². The van der Waals surface area contributed by atoms with E-state index in [2.05, 4.69) is 22.8 Å². The molecule has 3 rings (SSSR count). The molecule has 0 aromatic heterocycles. The molecular formula is C21H24N2O2S. The summed E-state index contributed by atoms with van der Waals surface area (Å²) in [4.78, 5) is 24.3. The molecule has 4 nitrogen and oxygen atoms in total. The summed E-state index contributed by atoms with van der Waals surface area (Å²) in [5.74, 6) is 0.449.